The Morgan fingerprint density at radius 3 is 2.64 bits per heavy atom. The molecule has 1 nitrogen and oxygen atoms in total. The molecule has 5 rings (SSSR count). The first-order valence-electron chi connectivity index (χ1n) is 5.55. The van der Waals surface area contributed by atoms with Crippen LogP contribution in [0.15, 0.2) is 0 Å². The number of rotatable bonds is 0. The van der Waals surface area contributed by atoms with Crippen molar-refractivity contribution in [3.63, 3.8) is 0 Å². The quantitative estimate of drug-likeness (QED) is 0.581. The van der Waals surface area contributed by atoms with Crippen molar-refractivity contribution in [2.75, 3.05) is 0 Å². The van der Waals surface area contributed by atoms with Crippen molar-refractivity contribution in [2.45, 2.75) is 10.8 Å². The van der Waals surface area contributed by atoms with E-state index in [0.29, 0.717) is 35.4 Å². The third kappa shape index (κ3) is 0.427. The van der Waals surface area contributed by atoms with Crippen molar-refractivity contribution in [2.24, 2.45) is 47.3 Å². The molecule has 0 aliphatic heterocycles. The molecule has 5 saturated carbocycles. The van der Waals surface area contributed by atoms with Gasteiger partial charge >= 0.3 is 0 Å². The third-order valence-corrected chi connectivity index (χ3v) is 7.06. The third-order valence-electron chi connectivity index (χ3n) is 6.05. The summed E-state index contributed by atoms with van der Waals surface area (Å²) in [6.45, 7) is 0. The van der Waals surface area contributed by atoms with E-state index in [0.717, 1.165) is 5.92 Å². The van der Waals surface area contributed by atoms with Gasteiger partial charge in [-0.25, -0.2) is 0 Å². The van der Waals surface area contributed by atoms with Gasteiger partial charge in [0, 0.05) is 23.7 Å². The fourth-order valence-corrected chi connectivity index (χ4v) is 7.23. The van der Waals surface area contributed by atoms with Gasteiger partial charge in [-0.3, -0.25) is 4.79 Å². The zero-order valence-electron chi connectivity index (χ0n) is 7.49. The molecule has 0 spiro atoms. The highest BCUT2D eigenvalue weighted by Crippen LogP contribution is 2.86. The molecule has 0 N–H and O–H groups in total. The molecule has 8 atom stereocenters. The fourth-order valence-electron chi connectivity index (χ4n) is 6.07. The maximum atomic E-state index is 12.1. The van der Waals surface area contributed by atoms with Crippen molar-refractivity contribution in [3.05, 3.63) is 0 Å². The van der Waals surface area contributed by atoms with Gasteiger partial charge in [0.25, 0.3) is 0 Å². The summed E-state index contributed by atoms with van der Waals surface area (Å²) in [6, 6.07) is 0. The first-order chi connectivity index (χ1) is 6.64. The minimum atomic E-state index is -0.541. The van der Waals surface area contributed by atoms with Crippen LogP contribution in [-0.2, 0) is 4.79 Å². The van der Waals surface area contributed by atoms with Crippen LogP contribution in [0.2, 0.25) is 0 Å². The number of fused-ring (bicyclic) bond motifs is 2. The summed E-state index contributed by atoms with van der Waals surface area (Å²) in [4.78, 5) is 12.1. The largest absolute Gasteiger partial charge is 0.299 e. The number of carbonyl (C=O) groups excluding carboxylic acids is 1. The smallest absolute Gasteiger partial charge is 0.140 e. The summed E-state index contributed by atoms with van der Waals surface area (Å²) in [5.41, 5.74) is 0. The molecule has 5 aliphatic carbocycles. The number of ketones is 1. The van der Waals surface area contributed by atoms with E-state index in [2.05, 4.69) is 0 Å². The van der Waals surface area contributed by atoms with Crippen LogP contribution >= 0.6 is 23.2 Å². The maximum Gasteiger partial charge on any atom is 0.140 e. The lowest BCUT2D eigenvalue weighted by Gasteiger charge is -2.47. The van der Waals surface area contributed by atoms with E-state index in [1.807, 2.05) is 0 Å². The standard InChI is InChI=1S/C11H10Cl2O/c12-11(13)8-3-1-2-4-5(3)9(11)7(4)10(14)6(2)8/h2-9H,1H2/t2-,3-,4-,5+,6-,7+,8-,9-/m1/s1. The summed E-state index contributed by atoms with van der Waals surface area (Å²) in [6.07, 6.45) is 1.25. The molecule has 14 heavy (non-hydrogen) atoms. The van der Waals surface area contributed by atoms with Crippen molar-refractivity contribution in [1.82, 2.24) is 0 Å². The zero-order chi connectivity index (χ0) is 9.40. The lowest BCUT2D eigenvalue weighted by molar-refractivity contribution is -0.133. The number of Topliss-reactive ketones (excluding diaryl/α,β-unsaturated/α-hetero) is 1. The molecule has 0 heterocycles. The highest BCUT2D eigenvalue weighted by molar-refractivity contribution is 6.49. The second-order valence-corrected chi connectivity index (χ2v) is 7.34. The van der Waals surface area contributed by atoms with Crippen molar-refractivity contribution in [1.29, 1.82) is 0 Å². The average molecular weight is 229 g/mol. The molecule has 0 aromatic carbocycles. The van der Waals surface area contributed by atoms with Gasteiger partial charge in [-0.15, -0.1) is 23.2 Å². The van der Waals surface area contributed by atoms with Gasteiger partial charge in [-0.05, 0) is 30.1 Å². The second-order valence-electron chi connectivity index (χ2n) is 5.90. The van der Waals surface area contributed by atoms with Gasteiger partial charge in [0.15, 0.2) is 0 Å². The lowest BCUT2D eigenvalue weighted by Crippen LogP contribution is -2.52. The van der Waals surface area contributed by atoms with Crippen molar-refractivity contribution >= 4 is 29.0 Å². The summed E-state index contributed by atoms with van der Waals surface area (Å²) >= 11 is 13.0. The maximum absolute atomic E-state index is 12.1. The number of hydrogen-bond acceptors (Lipinski definition) is 1. The van der Waals surface area contributed by atoms with Crippen molar-refractivity contribution in [3.8, 4) is 0 Å². The molecule has 3 heteroatoms. The molecule has 5 fully saturated rings. The molecule has 74 valence electrons. The summed E-state index contributed by atoms with van der Waals surface area (Å²) in [7, 11) is 0. The Morgan fingerprint density at radius 1 is 1.07 bits per heavy atom. The van der Waals surface area contributed by atoms with Crippen LogP contribution in [0.1, 0.15) is 6.42 Å². The Balaban J connectivity index is 1.87. The van der Waals surface area contributed by atoms with Gasteiger partial charge in [-0.1, -0.05) is 0 Å². The number of hydrogen-bond donors (Lipinski definition) is 0. The monoisotopic (exact) mass is 228 g/mol. The molecule has 0 aromatic rings. The van der Waals surface area contributed by atoms with Gasteiger partial charge in [0.05, 0.1) is 0 Å². The van der Waals surface area contributed by atoms with Gasteiger partial charge in [-0.2, -0.15) is 0 Å². The Labute approximate surface area is 92.1 Å². The Hall–Kier alpha value is 0.250. The minimum absolute atomic E-state index is 0.264. The molecule has 0 radical (unpaired) electrons. The van der Waals surface area contributed by atoms with Crippen LogP contribution in [0.25, 0.3) is 0 Å². The first kappa shape index (κ1) is 7.51. The van der Waals surface area contributed by atoms with Gasteiger partial charge in [0.1, 0.15) is 10.1 Å². The average Bonchev–Trinajstić information content (AvgIpc) is 2.52. The number of carbonyl (C=O) groups is 1. The van der Waals surface area contributed by atoms with Crippen LogP contribution in [0.5, 0.6) is 0 Å². The molecule has 5 aliphatic rings. The van der Waals surface area contributed by atoms with Crippen molar-refractivity contribution < 1.29 is 4.79 Å². The van der Waals surface area contributed by atoms with E-state index in [-0.39, 0.29) is 11.8 Å². The Bertz CT molecular complexity index is 391. The lowest BCUT2D eigenvalue weighted by atomic mass is 9.59. The topological polar surface area (TPSA) is 17.1 Å². The molecular weight excluding hydrogens is 219 g/mol. The molecule has 0 saturated heterocycles. The highest BCUT2D eigenvalue weighted by Gasteiger charge is 2.87. The first-order valence-corrected chi connectivity index (χ1v) is 6.31. The van der Waals surface area contributed by atoms with Crippen LogP contribution in [0, 0.1) is 47.3 Å². The van der Waals surface area contributed by atoms with E-state index in [1.165, 1.54) is 6.42 Å². The molecule has 0 amide bonds. The summed E-state index contributed by atoms with van der Waals surface area (Å²) in [5.74, 6) is 4.55. The number of alkyl halides is 2. The zero-order valence-corrected chi connectivity index (χ0v) is 9.00. The normalized spacial score (nSPS) is 73.4. The van der Waals surface area contributed by atoms with E-state index in [1.54, 1.807) is 0 Å². The number of halogens is 2. The Kier molecular flexibility index (Phi) is 0.909. The summed E-state index contributed by atoms with van der Waals surface area (Å²) in [5, 5.41) is 0. The van der Waals surface area contributed by atoms with Gasteiger partial charge < -0.3 is 0 Å². The molecular formula is C11H10Cl2O. The SMILES string of the molecule is O=C1[C@@H]2[C@@H]3C[C@@H]4[C@H]5[C@@H]3[C@H]1[C@@H]5C(Cl)(Cl)[C@H]42. The fraction of sp³-hybridized carbons (Fsp3) is 0.909. The van der Waals surface area contributed by atoms with Crippen LogP contribution in [-0.4, -0.2) is 10.1 Å². The van der Waals surface area contributed by atoms with E-state index >= 15 is 0 Å². The van der Waals surface area contributed by atoms with E-state index < -0.39 is 4.33 Å². The summed E-state index contributed by atoms with van der Waals surface area (Å²) < 4.78 is -0.541. The Morgan fingerprint density at radius 2 is 1.86 bits per heavy atom. The molecule has 0 aromatic heterocycles. The predicted octanol–water partition coefficient (Wildman–Crippen LogP) is 2.12. The van der Waals surface area contributed by atoms with Crippen LogP contribution in [0.4, 0.5) is 0 Å². The molecule has 2 bridgehead atoms. The predicted molar refractivity (Wildman–Crippen MR) is 52.0 cm³/mol. The van der Waals surface area contributed by atoms with Crippen LogP contribution in [0.3, 0.4) is 0 Å². The highest BCUT2D eigenvalue weighted by atomic mass is 35.5. The second kappa shape index (κ2) is 1.69. The van der Waals surface area contributed by atoms with Gasteiger partial charge in [0.2, 0.25) is 0 Å². The minimum Gasteiger partial charge on any atom is -0.299 e. The van der Waals surface area contributed by atoms with E-state index in [4.69, 9.17) is 23.2 Å². The van der Waals surface area contributed by atoms with Crippen LogP contribution < -0.4 is 0 Å². The molecule has 0 unspecified atom stereocenters. The van der Waals surface area contributed by atoms with E-state index in [9.17, 15) is 4.79 Å².